The number of carboxylic acids is 1. The van der Waals surface area contributed by atoms with E-state index in [4.69, 9.17) is 16.7 Å². The molecule has 15 heavy (non-hydrogen) atoms. The Morgan fingerprint density at radius 2 is 2.27 bits per heavy atom. The van der Waals surface area contributed by atoms with Crippen molar-refractivity contribution in [2.75, 3.05) is 0 Å². The highest BCUT2D eigenvalue weighted by atomic mass is 35.5. The summed E-state index contributed by atoms with van der Waals surface area (Å²) in [7, 11) is 0. The first-order valence-corrected chi connectivity index (χ1v) is 5.37. The van der Waals surface area contributed by atoms with Crippen LogP contribution < -0.4 is 0 Å². The summed E-state index contributed by atoms with van der Waals surface area (Å²) < 4.78 is 0. The van der Waals surface area contributed by atoms with Crippen LogP contribution in [0.2, 0.25) is 5.02 Å². The first-order valence-electron chi connectivity index (χ1n) is 4.11. The molecule has 2 rings (SSSR count). The van der Waals surface area contributed by atoms with Gasteiger partial charge in [-0.05, 0) is 12.1 Å². The third-order valence-corrected chi connectivity index (χ3v) is 2.87. The minimum absolute atomic E-state index is 0.0879. The summed E-state index contributed by atoms with van der Waals surface area (Å²) in [5, 5.41) is 11.1. The number of halogens is 1. The summed E-state index contributed by atoms with van der Waals surface area (Å²) in [6.45, 7) is 0. The van der Waals surface area contributed by atoms with Gasteiger partial charge < -0.3 is 5.11 Å². The average molecular weight is 240 g/mol. The molecule has 0 fully saturated rings. The lowest BCUT2D eigenvalue weighted by Gasteiger charge is -1.95. The van der Waals surface area contributed by atoms with Crippen LogP contribution in [0, 0.1) is 0 Å². The van der Waals surface area contributed by atoms with Crippen molar-refractivity contribution in [3.63, 3.8) is 0 Å². The maximum absolute atomic E-state index is 10.6. The van der Waals surface area contributed by atoms with Crippen molar-refractivity contribution in [2.45, 2.75) is 0 Å². The number of carbonyl (C=O) groups is 1. The summed E-state index contributed by atoms with van der Waals surface area (Å²) in [6, 6.07) is 7.15. The fourth-order valence-electron chi connectivity index (χ4n) is 1.15. The second kappa shape index (κ2) is 4.00. The number of hydrogen-bond acceptors (Lipinski definition) is 3. The van der Waals surface area contributed by atoms with Crippen molar-refractivity contribution in [1.29, 1.82) is 0 Å². The first-order chi connectivity index (χ1) is 7.16. The molecule has 1 aromatic carbocycles. The molecule has 0 aliphatic heterocycles. The molecular formula is C10H6ClNO2S. The van der Waals surface area contributed by atoms with Crippen LogP contribution in [0.1, 0.15) is 9.80 Å². The summed E-state index contributed by atoms with van der Waals surface area (Å²) in [6.07, 6.45) is 0. The van der Waals surface area contributed by atoms with Gasteiger partial charge in [0.25, 0.3) is 0 Å². The fraction of sp³-hybridized carbons (Fsp3) is 0. The minimum Gasteiger partial charge on any atom is -0.476 e. The van der Waals surface area contributed by atoms with Crippen LogP contribution in [0.15, 0.2) is 29.6 Å². The molecular weight excluding hydrogens is 234 g/mol. The maximum atomic E-state index is 10.6. The van der Waals surface area contributed by atoms with Gasteiger partial charge in [0.1, 0.15) is 0 Å². The van der Waals surface area contributed by atoms with Gasteiger partial charge in [-0.3, -0.25) is 0 Å². The number of aromatic carboxylic acids is 1. The third-order valence-electron chi connectivity index (χ3n) is 1.81. The second-order valence-corrected chi connectivity index (χ2v) is 4.15. The Morgan fingerprint density at radius 1 is 1.47 bits per heavy atom. The lowest BCUT2D eigenvalue weighted by Crippen LogP contribution is -1.94. The highest BCUT2D eigenvalue weighted by Crippen LogP contribution is 2.24. The van der Waals surface area contributed by atoms with Gasteiger partial charge in [0.05, 0.1) is 5.69 Å². The lowest BCUT2D eigenvalue weighted by atomic mass is 10.2. The normalized spacial score (nSPS) is 10.2. The SMILES string of the molecule is O=C(O)c1nc(-c2cccc(Cl)c2)cs1. The number of aromatic nitrogens is 1. The Balaban J connectivity index is 2.41. The number of thiazole rings is 1. The number of nitrogens with zero attached hydrogens (tertiary/aromatic N) is 1. The zero-order chi connectivity index (χ0) is 10.8. The van der Waals surface area contributed by atoms with Crippen LogP contribution in [0.3, 0.4) is 0 Å². The molecule has 0 saturated carbocycles. The summed E-state index contributed by atoms with van der Waals surface area (Å²) in [4.78, 5) is 14.6. The molecule has 0 aliphatic rings. The van der Waals surface area contributed by atoms with E-state index in [9.17, 15) is 4.79 Å². The van der Waals surface area contributed by atoms with Crippen LogP contribution >= 0.6 is 22.9 Å². The van der Waals surface area contributed by atoms with Gasteiger partial charge in [0.2, 0.25) is 5.01 Å². The second-order valence-electron chi connectivity index (χ2n) is 2.85. The van der Waals surface area contributed by atoms with Crippen LogP contribution in [0.25, 0.3) is 11.3 Å². The Morgan fingerprint density at radius 3 is 2.87 bits per heavy atom. The molecule has 0 spiro atoms. The highest BCUT2D eigenvalue weighted by Gasteiger charge is 2.09. The molecule has 3 nitrogen and oxygen atoms in total. The summed E-state index contributed by atoms with van der Waals surface area (Å²) in [5.74, 6) is -1.01. The molecule has 0 aliphatic carbocycles. The molecule has 0 amide bonds. The van der Waals surface area contributed by atoms with Crippen LogP contribution in [-0.4, -0.2) is 16.1 Å². The Labute approximate surface area is 95.0 Å². The minimum atomic E-state index is -1.01. The zero-order valence-electron chi connectivity index (χ0n) is 7.48. The van der Waals surface area contributed by atoms with E-state index in [-0.39, 0.29) is 5.01 Å². The number of rotatable bonds is 2. The molecule has 0 radical (unpaired) electrons. The van der Waals surface area contributed by atoms with Gasteiger partial charge in [-0.1, -0.05) is 23.7 Å². The largest absolute Gasteiger partial charge is 0.476 e. The van der Waals surface area contributed by atoms with Gasteiger partial charge in [-0.2, -0.15) is 0 Å². The van der Waals surface area contributed by atoms with Gasteiger partial charge in [0, 0.05) is 16.0 Å². The van der Waals surface area contributed by atoms with E-state index in [1.54, 1.807) is 23.6 Å². The molecule has 0 saturated heterocycles. The lowest BCUT2D eigenvalue weighted by molar-refractivity contribution is 0.0696. The molecule has 0 bridgehead atoms. The topological polar surface area (TPSA) is 50.2 Å². The smallest absolute Gasteiger partial charge is 0.365 e. The van der Waals surface area contributed by atoms with Gasteiger partial charge in [-0.15, -0.1) is 11.3 Å². The van der Waals surface area contributed by atoms with E-state index < -0.39 is 5.97 Å². The fourth-order valence-corrected chi connectivity index (χ4v) is 2.01. The quantitative estimate of drug-likeness (QED) is 0.876. The predicted octanol–water partition coefficient (Wildman–Crippen LogP) is 3.16. The maximum Gasteiger partial charge on any atom is 0.365 e. The van der Waals surface area contributed by atoms with E-state index in [0.29, 0.717) is 10.7 Å². The van der Waals surface area contributed by atoms with Gasteiger partial charge >= 0.3 is 5.97 Å². The molecule has 0 unspecified atom stereocenters. The van der Waals surface area contributed by atoms with Gasteiger partial charge in [-0.25, -0.2) is 9.78 Å². The van der Waals surface area contributed by atoms with Crippen LogP contribution in [-0.2, 0) is 0 Å². The Bertz CT molecular complexity index is 510. The molecule has 1 N–H and O–H groups in total. The van der Waals surface area contributed by atoms with Crippen molar-refractivity contribution in [3.05, 3.63) is 39.7 Å². The van der Waals surface area contributed by atoms with E-state index >= 15 is 0 Å². The standard InChI is InChI=1S/C10H6ClNO2S/c11-7-3-1-2-6(4-7)8-5-15-9(12-8)10(13)14/h1-5H,(H,13,14). The number of carboxylic acid groups (broad SMARTS) is 1. The van der Waals surface area contributed by atoms with Crippen LogP contribution in [0.5, 0.6) is 0 Å². The number of benzene rings is 1. The third kappa shape index (κ3) is 2.16. The highest BCUT2D eigenvalue weighted by molar-refractivity contribution is 7.11. The average Bonchev–Trinajstić information content (AvgIpc) is 2.66. The molecule has 76 valence electrons. The molecule has 1 aromatic heterocycles. The summed E-state index contributed by atoms with van der Waals surface area (Å²) in [5.41, 5.74) is 1.46. The molecule has 5 heteroatoms. The number of hydrogen-bond donors (Lipinski definition) is 1. The Kier molecular flexibility index (Phi) is 2.70. The van der Waals surface area contributed by atoms with Crippen molar-refractivity contribution < 1.29 is 9.90 Å². The monoisotopic (exact) mass is 239 g/mol. The van der Waals surface area contributed by atoms with E-state index in [1.807, 2.05) is 6.07 Å². The summed E-state index contributed by atoms with van der Waals surface area (Å²) >= 11 is 6.93. The van der Waals surface area contributed by atoms with E-state index in [0.717, 1.165) is 16.9 Å². The van der Waals surface area contributed by atoms with Crippen molar-refractivity contribution in [3.8, 4) is 11.3 Å². The predicted molar refractivity (Wildman–Crippen MR) is 59.5 cm³/mol. The molecule has 0 atom stereocenters. The Hall–Kier alpha value is -1.39. The van der Waals surface area contributed by atoms with Gasteiger partial charge in [0.15, 0.2) is 0 Å². The molecule has 1 heterocycles. The van der Waals surface area contributed by atoms with Crippen molar-refractivity contribution in [1.82, 2.24) is 4.98 Å². The zero-order valence-corrected chi connectivity index (χ0v) is 9.05. The van der Waals surface area contributed by atoms with E-state index in [1.165, 1.54) is 0 Å². The van der Waals surface area contributed by atoms with Crippen molar-refractivity contribution >= 4 is 28.9 Å². The van der Waals surface area contributed by atoms with Crippen molar-refractivity contribution in [2.24, 2.45) is 0 Å². The van der Waals surface area contributed by atoms with E-state index in [2.05, 4.69) is 4.98 Å². The van der Waals surface area contributed by atoms with Crippen LogP contribution in [0.4, 0.5) is 0 Å². The first kappa shape index (κ1) is 10.1. The molecule has 2 aromatic rings.